The highest BCUT2D eigenvalue weighted by Gasteiger charge is 2.32. The minimum atomic E-state index is -3.87. The molecule has 0 saturated carbocycles. The summed E-state index contributed by atoms with van der Waals surface area (Å²) in [6.07, 6.45) is 1.34. The monoisotopic (exact) mass is 619 g/mol. The highest BCUT2D eigenvalue weighted by Crippen LogP contribution is 2.26. The third-order valence-corrected chi connectivity index (χ3v) is 7.95. The van der Waals surface area contributed by atoms with Gasteiger partial charge in [0.25, 0.3) is 0 Å². The van der Waals surface area contributed by atoms with Gasteiger partial charge in [-0.3, -0.25) is 13.9 Å². The summed E-state index contributed by atoms with van der Waals surface area (Å²) in [5, 5.41) is 3.62. The van der Waals surface area contributed by atoms with Gasteiger partial charge >= 0.3 is 0 Å². The zero-order chi connectivity index (χ0) is 30.2. The van der Waals surface area contributed by atoms with E-state index in [2.05, 4.69) is 5.32 Å². The SMILES string of the molecule is CC[C@H](C(=O)NC(C)C)N(Cc1ccc(Cl)cc1Cl)C(=O)CN(c1ccc(OCc2ccccc2)cc1)S(C)(=O)=O. The number of sulfonamides is 1. The third kappa shape index (κ3) is 9.38. The Morgan fingerprint density at radius 1 is 0.976 bits per heavy atom. The number of carbonyl (C=O) groups is 2. The molecular weight excluding hydrogens is 585 g/mol. The lowest BCUT2D eigenvalue weighted by atomic mass is 10.1. The molecule has 0 aliphatic rings. The third-order valence-electron chi connectivity index (χ3n) is 6.22. The number of anilines is 1. The highest BCUT2D eigenvalue weighted by molar-refractivity contribution is 7.92. The molecular formula is C30H35Cl2N3O5S. The predicted molar refractivity (Wildman–Crippen MR) is 164 cm³/mol. The van der Waals surface area contributed by atoms with E-state index in [1.807, 2.05) is 44.2 Å². The zero-order valence-corrected chi connectivity index (χ0v) is 25.8. The molecule has 0 spiro atoms. The molecule has 8 nitrogen and oxygen atoms in total. The van der Waals surface area contributed by atoms with Crippen molar-refractivity contribution in [3.05, 3.63) is 94.0 Å². The molecule has 3 rings (SSSR count). The Labute approximate surface area is 252 Å². The Bertz CT molecular complexity index is 1430. The summed E-state index contributed by atoms with van der Waals surface area (Å²) in [4.78, 5) is 28.3. The lowest BCUT2D eigenvalue weighted by molar-refractivity contribution is -0.140. The van der Waals surface area contributed by atoms with Crippen LogP contribution < -0.4 is 14.4 Å². The number of rotatable bonds is 13. The normalized spacial score (nSPS) is 12.1. The van der Waals surface area contributed by atoms with E-state index in [9.17, 15) is 18.0 Å². The number of amides is 2. The number of hydrogen-bond donors (Lipinski definition) is 1. The molecule has 220 valence electrons. The Morgan fingerprint density at radius 3 is 2.20 bits per heavy atom. The van der Waals surface area contributed by atoms with Gasteiger partial charge in [0.15, 0.2) is 0 Å². The van der Waals surface area contributed by atoms with E-state index in [1.54, 1.807) is 49.4 Å². The second kappa shape index (κ2) is 14.6. The van der Waals surface area contributed by atoms with Crippen molar-refractivity contribution in [1.82, 2.24) is 10.2 Å². The van der Waals surface area contributed by atoms with Gasteiger partial charge in [0.05, 0.1) is 11.9 Å². The molecule has 0 unspecified atom stereocenters. The first-order valence-electron chi connectivity index (χ1n) is 13.2. The summed E-state index contributed by atoms with van der Waals surface area (Å²) in [5.74, 6) is -0.351. The molecule has 0 aliphatic carbocycles. The molecule has 0 radical (unpaired) electrons. The van der Waals surface area contributed by atoms with Crippen LogP contribution in [0.2, 0.25) is 10.0 Å². The molecule has 2 amide bonds. The van der Waals surface area contributed by atoms with Crippen molar-refractivity contribution >= 4 is 50.7 Å². The summed E-state index contributed by atoms with van der Waals surface area (Å²) >= 11 is 12.5. The molecule has 41 heavy (non-hydrogen) atoms. The van der Waals surface area contributed by atoms with Crippen LogP contribution in [0.1, 0.15) is 38.3 Å². The first-order valence-corrected chi connectivity index (χ1v) is 15.8. The quantitative estimate of drug-likeness (QED) is 0.266. The standard InChI is InChI=1S/C30H35Cl2N3O5S/c1-5-28(30(37)33-21(2)3)34(18-23-11-12-24(31)17-27(23)32)29(36)19-35(41(4,38)39)25-13-15-26(16-14-25)40-20-22-9-7-6-8-10-22/h6-17,21,28H,5,18-20H2,1-4H3,(H,33,37)/t28-/m1/s1. The fraction of sp³-hybridized carbons (Fsp3) is 0.333. The fourth-order valence-electron chi connectivity index (χ4n) is 4.20. The molecule has 11 heteroatoms. The molecule has 0 aromatic heterocycles. The molecule has 0 fully saturated rings. The average molecular weight is 621 g/mol. The molecule has 0 heterocycles. The van der Waals surface area contributed by atoms with E-state index in [0.717, 1.165) is 16.1 Å². The number of carbonyl (C=O) groups excluding carboxylic acids is 2. The van der Waals surface area contributed by atoms with Crippen molar-refractivity contribution < 1.29 is 22.7 Å². The predicted octanol–water partition coefficient (Wildman–Crippen LogP) is 5.67. The largest absolute Gasteiger partial charge is 0.489 e. The maximum atomic E-state index is 13.8. The first-order chi connectivity index (χ1) is 19.4. The summed E-state index contributed by atoms with van der Waals surface area (Å²) < 4.78 is 32.6. The number of ether oxygens (including phenoxy) is 1. The molecule has 0 saturated heterocycles. The van der Waals surface area contributed by atoms with E-state index >= 15 is 0 Å². The van der Waals surface area contributed by atoms with E-state index in [-0.39, 0.29) is 24.2 Å². The van der Waals surface area contributed by atoms with E-state index in [0.29, 0.717) is 34.4 Å². The fourth-order valence-corrected chi connectivity index (χ4v) is 5.51. The average Bonchev–Trinajstić information content (AvgIpc) is 2.91. The van der Waals surface area contributed by atoms with Crippen LogP contribution in [-0.4, -0.2) is 50.0 Å². The first kappa shape index (κ1) is 32.2. The smallest absolute Gasteiger partial charge is 0.244 e. The van der Waals surface area contributed by atoms with Crippen molar-refractivity contribution in [2.75, 3.05) is 17.1 Å². The van der Waals surface area contributed by atoms with Gasteiger partial charge in [0.2, 0.25) is 21.8 Å². The van der Waals surface area contributed by atoms with Crippen LogP contribution in [0.25, 0.3) is 0 Å². The number of halogens is 2. The van der Waals surface area contributed by atoms with Gasteiger partial charge in [-0.15, -0.1) is 0 Å². The minimum absolute atomic E-state index is 0.0112. The maximum absolute atomic E-state index is 13.8. The van der Waals surface area contributed by atoms with Crippen LogP contribution in [0.15, 0.2) is 72.8 Å². The topological polar surface area (TPSA) is 96.0 Å². The minimum Gasteiger partial charge on any atom is -0.489 e. The maximum Gasteiger partial charge on any atom is 0.244 e. The van der Waals surface area contributed by atoms with E-state index in [4.69, 9.17) is 27.9 Å². The second-order valence-electron chi connectivity index (χ2n) is 9.88. The van der Waals surface area contributed by atoms with Gasteiger partial charge in [-0.2, -0.15) is 0 Å². The molecule has 3 aromatic rings. The van der Waals surface area contributed by atoms with Crippen LogP contribution in [0.3, 0.4) is 0 Å². The summed E-state index contributed by atoms with van der Waals surface area (Å²) in [6, 6.07) is 20.0. The Kier molecular flexibility index (Phi) is 11.5. The van der Waals surface area contributed by atoms with Crippen LogP contribution in [0.4, 0.5) is 5.69 Å². The van der Waals surface area contributed by atoms with Crippen molar-refractivity contribution in [3.8, 4) is 5.75 Å². The zero-order valence-electron chi connectivity index (χ0n) is 23.5. The van der Waals surface area contributed by atoms with Gasteiger partial charge in [0.1, 0.15) is 24.9 Å². The Morgan fingerprint density at radius 2 is 1.63 bits per heavy atom. The van der Waals surface area contributed by atoms with Crippen molar-refractivity contribution in [1.29, 1.82) is 0 Å². The van der Waals surface area contributed by atoms with Crippen molar-refractivity contribution in [2.45, 2.75) is 52.4 Å². The lowest BCUT2D eigenvalue weighted by Gasteiger charge is -2.33. The molecule has 0 bridgehead atoms. The van der Waals surface area contributed by atoms with E-state index in [1.165, 1.54) is 4.90 Å². The molecule has 1 N–H and O–H groups in total. The van der Waals surface area contributed by atoms with E-state index < -0.39 is 28.5 Å². The summed E-state index contributed by atoms with van der Waals surface area (Å²) in [6.45, 7) is 5.27. The van der Waals surface area contributed by atoms with Gasteiger partial charge in [-0.1, -0.05) is 66.5 Å². The number of nitrogens with one attached hydrogen (secondary N) is 1. The van der Waals surface area contributed by atoms with Crippen molar-refractivity contribution in [3.63, 3.8) is 0 Å². The van der Waals surface area contributed by atoms with Crippen LogP contribution in [0.5, 0.6) is 5.75 Å². The number of nitrogens with zero attached hydrogens (tertiary/aromatic N) is 2. The van der Waals surface area contributed by atoms with Gasteiger partial charge in [-0.25, -0.2) is 8.42 Å². The Balaban J connectivity index is 1.88. The van der Waals surface area contributed by atoms with Crippen molar-refractivity contribution in [2.24, 2.45) is 0 Å². The van der Waals surface area contributed by atoms with Gasteiger partial charge < -0.3 is 15.0 Å². The summed E-state index contributed by atoms with van der Waals surface area (Å²) in [5.41, 5.74) is 1.86. The highest BCUT2D eigenvalue weighted by atomic mass is 35.5. The molecule has 0 aliphatic heterocycles. The second-order valence-corrected chi connectivity index (χ2v) is 12.6. The van der Waals surface area contributed by atoms with Crippen LogP contribution >= 0.6 is 23.2 Å². The van der Waals surface area contributed by atoms with Gasteiger partial charge in [-0.05, 0) is 67.8 Å². The number of benzene rings is 3. The lowest BCUT2D eigenvalue weighted by Crippen LogP contribution is -2.53. The van der Waals surface area contributed by atoms with Gasteiger partial charge in [0, 0.05) is 22.6 Å². The summed E-state index contributed by atoms with van der Waals surface area (Å²) in [7, 11) is -3.87. The molecule has 3 aromatic carbocycles. The number of hydrogen-bond acceptors (Lipinski definition) is 5. The Hall–Kier alpha value is -3.27. The molecule has 1 atom stereocenters. The van der Waals surface area contributed by atoms with Crippen LogP contribution in [-0.2, 0) is 32.8 Å². The van der Waals surface area contributed by atoms with Crippen LogP contribution in [0, 0.1) is 0 Å².